The third-order valence-corrected chi connectivity index (χ3v) is 5.11. The van der Waals surface area contributed by atoms with E-state index in [1.807, 2.05) is 13.8 Å². The number of aromatic hydroxyl groups is 1. The average Bonchev–Trinajstić information content (AvgIpc) is 2.52. The maximum Gasteiger partial charge on any atom is 0.121 e. The van der Waals surface area contributed by atoms with Crippen LogP contribution in [0, 0.1) is 20.8 Å². The lowest BCUT2D eigenvalue weighted by Gasteiger charge is -2.29. The van der Waals surface area contributed by atoms with E-state index < -0.39 is 0 Å². The summed E-state index contributed by atoms with van der Waals surface area (Å²) in [7, 11) is 0. The van der Waals surface area contributed by atoms with Crippen molar-refractivity contribution in [3.8, 4) is 5.75 Å². The summed E-state index contributed by atoms with van der Waals surface area (Å²) in [6, 6.07) is 8.50. The van der Waals surface area contributed by atoms with Crippen LogP contribution in [-0.2, 0) is 18.4 Å². The highest BCUT2D eigenvalue weighted by molar-refractivity contribution is 5.50. The molecule has 0 saturated heterocycles. The van der Waals surface area contributed by atoms with Crippen LogP contribution in [0.25, 0.3) is 0 Å². The fourth-order valence-corrected chi connectivity index (χ4v) is 3.22. The van der Waals surface area contributed by atoms with E-state index >= 15 is 0 Å². The van der Waals surface area contributed by atoms with E-state index in [1.165, 1.54) is 22.3 Å². The van der Waals surface area contributed by atoms with Gasteiger partial charge in [-0.05, 0) is 66.1 Å². The number of rotatable bonds is 4. The molecule has 124 valence electrons. The standard InChI is InChI=1S/C21H28O2/c1-7-16-10-19(11-17(12-22)15(16)4)21(5,6)18-8-13(2)20(23)14(3)9-18/h8-11,22-23H,7,12H2,1-6H3. The fraction of sp³-hybridized carbons (Fsp3) is 0.429. The molecule has 0 aliphatic rings. The second kappa shape index (κ2) is 6.37. The van der Waals surface area contributed by atoms with Gasteiger partial charge in [-0.3, -0.25) is 0 Å². The van der Waals surface area contributed by atoms with Crippen molar-refractivity contribution in [1.29, 1.82) is 0 Å². The lowest BCUT2D eigenvalue weighted by Crippen LogP contribution is -2.20. The summed E-state index contributed by atoms with van der Waals surface area (Å²) in [6.07, 6.45) is 0.955. The molecule has 0 unspecified atom stereocenters. The SMILES string of the molecule is CCc1cc(C(C)(C)c2cc(C)c(O)c(C)c2)cc(CO)c1C. The van der Waals surface area contributed by atoms with Gasteiger partial charge >= 0.3 is 0 Å². The van der Waals surface area contributed by atoms with Gasteiger partial charge in [0.05, 0.1) is 6.61 Å². The summed E-state index contributed by atoms with van der Waals surface area (Å²) in [6.45, 7) is 12.6. The molecule has 2 nitrogen and oxygen atoms in total. The number of phenolic OH excluding ortho intramolecular Hbond substituents is 1. The molecular formula is C21H28O2. The van der Waals surface area contributed by atoms with E-state index in [9.17, 15) is 10.2 Å². The Bertz CT molecular complexity index is 679. The highest BCUT2D eigenvalue weighted by Gasteiger charge is 2.26. The van der Waals surface area contributed by atoms with Gasteiger partial charge in [0.25, 0.3) is 0 Å². The van der Waals surface area contributed by atoms with Crippen molar-refractivity contribution in [2.24, 2.45) is 0 Å². The van der Waals surface area contributed by atoms with Crippen molar-refractivity contribution in [2.45, 2.75) is 60.0 Å². The molecule has 0 atom stereocenters. The number of aliphatic hydroxyl groups excluding tert-OH is 1. The Morgan fingerprint density at radius 2 is 1.35 bits per heavy atom. The predicted octanol–water partition coefficient (Wildman–Crippen LogP) is 4.70. The zero-order chi connectivity index (χ0) is 17.4. The van der Waals surface area contributed by atoms with Crippen LogP contribution in [0.2, 0.25) is 0 Å². The average molecular weight is 312 g/mol. The van der Waals surface area contributed by atoms with E-state index in [2.05, 4.69) is 52.0 Å². The monoisotopic (exact) mass is 312 g/mol. The third-order valence-electron chi connectivity index (χ3n) is 5.11. The molecule has 2 aromatic carbocycles. The number of hydrogen-bond acceptors (Lipinski definition) is 2. The third kappa shape index (κ3) is 3.13. The first-order valence-electron chi connectivity index (χ1n) is 8.26. The number of aliphatic hydroxyl groups is 1. The smallest absolute Gasteiger partial charge is 0.121 e. The summed E-state index contributed by atoms with van der Waals surface area (Å²) in [5, 5.41) is 19.7. The summed E-state index contributed by atoms with van der Waals surface area (Å²) in [4.78, 5) is 0. The van der Waals surface area contributed by atoms with Crippen LogP contribution >= 0.6 is 0 Å². The Morgan fingerprint density at radius 1 is 0.870 bits per heavy atom. The van der Waals surface area contributed by atoms with E-state index in [-0.39, 0.29) is 12.0 Å². The summed E-state index contributed by atoms with van der Waals surface area (Å²) < 4.78 is 0. The Labute approximate surface area is 139 Å². The quantitative estimate of drug-likeness (QED) is 0.859. The van der Waals surface area contributed by atoms with Crippen LogP contribution in [-0.4, -0.2) is 10.2 Å². The predicted molar refractivity (Wildman–Crippen MR) is 96.2 cm³/mol. The van der Waals surface area contributed by atoms with Crippen LogP contribution in [0.15, 0.2) is 24.3 Å². The minimum atomic E-state index is -0.190. The summed E-state index contributed by atoms with van der Waals surface area (Å²) in [5.74, 6) is 0.374. The molecule has 0 aliphatic heterocycles. The van der Waals surface area contributed by atoms with E-state index in [0.717, 1.165) is 23.1 Å². The van der Waals surface area contributed by atoms with Crippen molar-refractivity contribution in [2.75, 3.05) is 0 Å². The maximum atomic E-state index is 10.0. The Balaban J connectivity index is 2.64. The highest BCUT2D eigenvalue weighted by atomic mass is 16.3. The van der Waals surface area contributed by atoms with Gasteiger partial charge in [-0.25, -0.2) is 0 Å². The fourth-order valence-electron chi connectivity index (χ4n) is 3.22. The van der Waals surface area contributed by atoms with Gasteiger partial charge in [0.1, 0.15) is 5.75 Å². The Morgan fingerprint density at radius 3 is 1.83 bits per heavy atom. The van der Waals surface area contributed by atoms with E-state index in [4.69, 9.17) is 0 Å². The molecular weight excluding hydrogens is 284 g/mol. The topological polar surface area (TPSA) is 40.5 Å². The van der Waals surface area contributed by atoms with Gasteiger partial charge in [0, 0.05) is 5.41 Å². The van der Waals surface area contributed by atoms with Gasteiger partial charge in [-0.1, -0.05) is 45.0 Å². The normalized spacial score (nSPS) is 11.8. The molecule has 0 saturated carbocycles. The Kier molecular flexibility index (Phi) is 4.86. The molecule has 0 bridgehead atoms. The first-order valence-corrected chi connectivity index (χ1v) is 8.26. The van der Waals surface area contributed by atoms with Crippen molar-refractivity contribution in [3.63, 3.8) is 0 Å². The van der Waals surface area contributed by atoms with Gasteiger partial charge < -0.3 is 10.2 Å². The molecule has 0 heterocycles. The highest BCUT2D eigenvalue weighted by Crippen LogP contribution is 2.37. The van der Waals surface area contributed by atoms with Crippen molar-refractivity contribution < 1.29 is 10.2 Å². The van der Waals surface area contributed by atoms with E-state index in [1.54, 1.807) is 0 Å². The molecule has 0 amide bonds. The molecule has 23 heavy (non-hydrogen) atoms. The Hall–Kier alpha value is -1.80. The minimum Gasteiger partial charge on any atom is -0.507 e. The van der Waals surface area contributed by atoms with Crippen LogP contribution in [0.1, 0.15) is 59.7 Å². The van der Waals surface area contributed by atoms with Crippen molar-refractivity contribution >= 4 is 0 Å². The number of benzene rings is 2. The van der Waals surface area contributed by atoms with Crippen LogP contribution in [0.4, 0.5) is 0 Å². The molecule has 0 spiro atoms. The summed E-state index contributed by atoms with van der Waals surface area (Å²) in [5.41, 5.74) is 7.47. The lowest BCUT2D eigenvalue weighted by molar-refractivity contribution is 0.280. The molecule has 0 fully saturated rings. The molecule has 0 radical (unpaired) electrons. The molecule has 0 aliphatic carbocycles. The zero-order valence-corrected chi connectivity index (χ0v) is 15.1. The van der Waals surface area contributed by atoms with Crippen molar-refractivity contribution in [3.05, 3.63) is 63.2 Å². The largest absolute Gasteiger partial charge is 0.507 e. The number of hydrogen-bond donors (Lipinski definition) is 2. The van der Waals surface area contributed by atoms with Crippen LogP contribution < -0.4 is 0 Å². The van der Waals surface area contributed by atoms with Crippen molar-refractivity contribution in [1.82, 2.24) is 0 Å². The molecule has 2 N–H and O–H groups in total. The van der Waals surface area contributed by atoms with Crippen LogP contribution in [0.5, 0.6) is 5.75 Å². The minimum absolute atomic E-state index is 0.0659. The molecule has 2 aromatic rings. The van der Waals surface area contributed by atoms with Gasteiger partial charge in [-0.2, -0.15) is 0 Å². The second-order valence-corrected chi connectivity index (χ2v) is 7.01. The molecule has 0 aromatic heterocycles. The van der Waals surface area contributed by atoms with Gasteiger partial charge in [-0.15, -0.1) is 0 Å². The van der Waals surface area contributed by atoms with E-state index in [0.29, 0.717) is 5.75 Å². The first-order chi connectivity index (χ1) is 10.7. The lowest BCUT2D eigenvalue weighted by atomic mass is 9.75. The number of aryl methyl sites for hydroxylation is 3. The summed E-state index contributed by atoms with van der Waals surface area (Å²) >= 11 is 0. The van der Waals surface area contributed by atoms with Gasteiger partial charge in [0.2, 0.25) is 0 Å². The first kappa shape index (κ1) is 17.6. The maximum absolute atomic E-state index is 10.0. The second-order valence-electron chi connectivity index (χ2n) is 7.01. The van der Waals surface area contributed by atoms with Gasteiger partial charge in [0.15, 0.2) is 0 Å². The molecule has 2 heteroatoms. The van der Waals surface area contributed by atoms with Crippen LogP contribution in [0.3, 0.4) is 0 Å². The molecule has 2 rings (SSSR count). The zero-order valence-electron chi connectivity index (χ0n) is 15.1. The number of phenols is 1.